The summed E-state index contributed by atoms with van der Waals surface area (Å²) < 4.78 is 39.7. The summed E-state index contributed by atoms with van der Waals surface area (Å²) in [6.45, 7) is 3.57. The molecule has 0 saturated carbocycles. The van der Waals surface area contributed by atoms with Gasteiger partial charge in [0.15, 0.2) is 0 Å². The second kappa shape index (κ2) is 12.0. The number of nitrogens with zero attached hydrogens (tertiary/aromatic N) is 1. The van der Waals surface area contributed by atoms with Gasteiger partial charge in [-0.1, -0.05) is 30.3 Å². The van der Waals surface area contributed by atoms with Crippen molar-refractivity contribution in [1.82, 2.24) is 5.32 Å². The van der Waals surface area contributed by atoms with Crippen LogP contribution in [0.1, 0.15) is 25.5 Å². The average molecular weight is 515 g/mol. The number of carbonyl (C=O) groups is 1. The highest BCUT2D eigenvalue weighted by Crippen LogP contribution is 2.33. The van der Waals surface area contributed by atoms with Crippen molar-refractivity contribution in [3.63, 3.8) is 0 Å². The van der Waals surface area contributed by atoms with Crippen molar-refractivity contribution in [1.29, 1.82) is 0 Å². The lowest BCUT2D eigenvalue weighted by molar-refractivity contribution is -0.120. The number of nitrogens with one attached hydrogen (secondary N) is 1. The zero-order chi connectivity index (χ0) is 25.4. The van der Waals surface area contributed by atoms with Gasteiger partial charge in [0.1, 0.15) is 18.0 Å². The van der Waals surface area contributed by atoms with Gasteiger partial charge in [-0.25, -0.2) is 8.42 Å². The molecule has 1 N–H and O–H groups in total. The minimum atomic E-state index is -4.07. The first-order valence-corrected chi connectivity index (χ1v) is 13.8. The molecule has 0 aliphatic heterocycles. The standard InChI is InChI=1S/C26H30N2O5S2/c1-5-33-25-13-9-7-11-23(25)28(35(30,31)21-16-14-20(34-4)15-17-21)18-26(29)27-19(2)22-10-6-8-12-24(22)32-3/h6-17,19H,5,18H2,1-4H3,(H,27,29). The van der Waals surface area contributed by atoms with Crippen LogP contribution in [-0.4, -0.2) is 40.8 Å². The van der Waals surface area contributed by atoms with E-state index in [9.17, 15) is 13.2 Å². The molecule has 0 aliphatic carbocycles. The number of sulfonamides is 1. The molecule has 1 atom stereocenters. The molecule has 35 heavy (non-hydrogen) atoms. The van der Waals surface area contributed by atoms with E-state index in [1.165, 1.54) is 11.8 Å². The quantitative estimate of drug-likeness (QED) is 0.367. The molecule has 0 aromatic heterocycles. The number of amides is 1. The Balaban J connectivity index is 1.96. The van der Waals surface area contributed by atoms with Crippen molar-refractivity contribution in [2.24, 2.45) is 0 Å². The zero-order valence-corrected chi connectivity index (χ0v) is 21.9. The Morgan fingerprint density at radius 1 is 1.00 bits per heavy atom. The SMILES string of the molecule is CCOc1ccccc1N(CC(=O)NC(C)c1ccccc1OC)S(=O)(=O)c1ccc(SC)cc1. The maximum absolute atomic E-state index is 13.7. The van der Waals surface area contributed by atoms with Crippen LogP contribution in [0.3, 0.4) is 0 Å². The van der Waals surface area contributed by atoms with Gasteiger partial charge in [-0.3, -0.25) is 9.10 Å². The lowest BCUT2D eigenvalue weighted by Crippen LogP contribution is -2.41. The Morgan fingerprint density at radius 3 is 2.26 bits per heavy atom. The van der Waals surface area contributed by atoms with Crippen LogP contribution >= 0.6 is 11.8 Å². The van der Waals surface area contributed by atoms with Crippen LogP contribution in [0.4, 0.5) is 5.69 Å². The van der Waals surface area contributed by atoms with E-state index in [4.69, 9.17) is 9.47 Å². The normalized spacial score (nSPS) is 12.0. The number of hydrogen-bond acceptors (Lipinski definition) is 6. The highest BCUT2D eigenvalue weighted by atomic mass is 32.2. The number of ether oxygens (including phenoxy) is 2. The van der Waals surface area contributed by atoms with Crippen LogP contribution in [0.15, 0.2) is 82.6 Å². The molecule has 3 aromatic rings. The van der Waals surface area contributed by atoms with Gasteiger partial charge in [-0.05, 0) is 62.6 Å². The predicted molar refractivity (Wildman–Crippen MR) is 140 cm³/mol. The average Bonchev–Trinajstić information content (AvgIpc) is 2.87. The number of methoxy groups -OCH3 is 1. The molecular formula is C26H30N2O5S2. The fourth-order valence-electron chi connectivity index (χ4n) is 3.63. The molecule has 0 aliphatic rings. The Labute approximate surface area is 211 Å². The Kier molecular flexibility index (Phi) is 9.06. The fourth-order valence-corrected chi connectivity index (χ4v) is 5.47. The highest BCUT2D eigenvalue weighted by molar-refractivity contribution is 7.98. The summed E-state index contributed by atoms with van der Waals surface area (Å²) >= 11 is 1.52. The van der Waals surface area contributed by atoms with Gasteiger partial charge in [0.2, 0.25) is 5.91 Å². The Hall–Kier alpha value is -3.17. The second-order valence-corrected chi connectivity index (χ2v) is 10.4. The molecule has 0 fully saturated rings. The number of thioether (sulfide) groups is 1. The van der Waals surface area contributed by atoms with Crippen LogP contribution in [0.25, 0.3) is 0 Å². The van der Waals surface area contributed by atoms with E-state index in [1.807, 2.05) is 44.4 Å². The van der Waals surface area contributed by atoms with E-state index in [0.29, 0.717) is 23.8 Å². The summed E-state index contributed by atoms with van der Waals surface area (Å²) in [7, 11) is -2.51. The van der Waals surface area contributed by atoms with E-state index >= 15 is 0 Å². The first kappa shape index (κ1) is 26.4. The third-order valence-electron chi connectivity index (χ3n) is 5.35. The van der Waals surface area contributed by atoms with Crippen LogP contribution in [0.5, 0.6) is 11.5 Å². The van der Waals surface area contributed by atoms with Crippen molar-refractivity contribution in [3.8, 4) is 11.5 Å². The molecule has 0 heterocycles. The van der Waals surface area contributed by atoms with Crippen molar-refractivity contribution in [2.75, 3.05) is 30.8 Å². The predicted octanol–water partition coefficient (Wildman–Crippen LogP) is 4.89. The van der Waals surface area contributed by atoms with Gasteiger partial charge in [-0.2, -0.15) is 0 Å². The molecule has 0 radical (unpaired) electrons. The van der Waals surface area contributed by atoms with Gasteiger partial charge < -0.3 is 14.8 Å². The summed E-state index contributed by atoms with van der Waals surface area (Å²) in [5, 5.41) is 2.90. The Bertz CT molecular complexity index is 1250. The van der Waals surface area contributed by atoms with E-state index in [2.05, 4.69) is 5.32 Å². The third kappa shape index (κ3) is 6.29. The first-order valence-electron chi connectivity index (χ1n) is 11.1. The fraction of sp³-hybridized carbons (Fsp3) is 0.269. The van der Waals surface area contributed by atoms with E-state index in [-0.39, 0.29) is 4.90 Å². The number of para-hydroxylation sites is 3. The molecule has 1 unspecified atom stereocenters. The lowest BCUT2D eigenvalue weighted by Gasteiger charge is -2.27. The molecule has 3 rings (SSSR count). The summed E-state index contributed by atoms with van der Waals surface area (Å²) in [5.74, 6) is 0.559. The number of benzene rings is 3. The lowest BCUT2D eigenvalue weighted by atomic mass is 10.1. The molecule has 9 heteroatoms. The van der Waals surface area contributed by atoms with Crippen LogP contribution < -0.4 is 19.1 Å². The minimum absolute atomic E-state index is 0.0900. The van der Waals surface area contributed by atoms with Gasteiger partial charge >= 0.3 is 0 Å². The molecule has 7 nitrogen and oxygen atoms in total. The highest BCUT2D eigenvalue weighted by Gasteiger charge is 2.30. The van der Waals surface area contributed by atoms with Crippen LogP contribution in [0, 0.1) is 0 Å². The van der Waals surface area contributed by atoms with E-state index in [1.54, 1.807) is 55.6 Å². The van der Waals surface area contributed by atoms with Gasteiger partial charge in [-0.15, -0.1) is 11.8 Å². The van der Waals surface area contributed by atoms with Gasteiger partial charge in [0.05, 0.1) is 30.3 Å². The smallest absolute Gasteiger partial charge is 0.264 e. The number of rotatable bonds is 11. The molecule has 186 valence electrons. The van der Waals surface area contributed by atoms with Crippen molar-refractivity contribution in [2.45, 2.75) is 29.7 Å². The summed E-state index contributed by atoms with van der Waals surface area (Å²) in [4.78, 5) is 14.2. The van der Waals surface area contributed by atoms with Crippen molar-refractivity contribution < 1.29 is 22.7 Å². The molecule has 3 aromatic carbocycles. The van der Waals surface area contributed by atoms with Gasteiger partial charge in [0, 0.05) is 10.5 Å². The summed E-state index contributed by atoms with van der Waals surface area (Å²) in [5.41, 5.74) is 1.09. The third-order valence-corrected chi connectivity index (χ3v) is 7.87. The largest absolute Gasteiger partial charge is 0.496 e. The topological polar surface area (TPSA) is 84.9 Å². The molecule has 1 amide bonds. The molecular weight excluding hydrogens is 484 g/mol. The molecule has 0 spiro atoms. The molecule has 0 saturated heterocycles. The second-order valence-electron chi connectivity index (χ2n) is 7.62. The number of anilines is 1. The van der Waals surface area contributed by atoms with Crippen molar-refractivity contribution in [3.05, 3.63) is 78.4 Å². The van der Waals surface area contributed by atoms with E-state index < -0.39 is 28.5 Å². The van der Waals surface area contributed by atoms with Crippen LogP contribution in [0.2, 0.25) is 0 Å². The summed E-state index contributed by atoms with van der Waals surface area (Å²) in [6, 6.07) is 20.4. The minimum Gasteiger partial charge on any atom is -0.496 e. The first-order chi connectivity index (χ1) is 16.8. The van der Waals surface area contributed by atoms with Gasteiger partial charge in [0.25, 0.3) is 10.0 Å². The monoisotopic (exact) mass is 514 g/mol. The van der Waals surface area contributed by atoms with Crippen molar-refractivity contribution >= 4 is 33.4 Å². The number of carbonyl (C=O) groups excluding carboxylic acids is 1. The maximum Gasteiger partial charge on any atom is 0.264 e. The van der Waals surface area contributed by atoms with E-state index in [0.717, 1.165) is 14.8 Å². The zero-order valence-electron chi connectivity index (χ0n) is 20.2. The summed E-state index contributed by atoms with van der Waals surface area (Å²) in [6.07, 6.45) is 1.92. The molecule has 0 bridgehead atoms. The maximum atomic E-state index is 13.7. The van der Waals surface area contributed by atoms with Crippen LogP contribution in [-0.2, 0) is 14.8 Å². The number of hydrogen-bond donors (Lipinski definition) is 1. The Morgan fingerprint density at radius 2 is 1.63 bits per heavy atom.